The number of anilines is 1. The Hall–Kier alpha value is -4.00. The smallest absolute Gasteiger partial charge is 0.262 e. The van der Waals surface area contributed by atoms with Crippen molar-refractivity contribution < 1.29 is 23.8 Å². The first-order valence-electron chi connectivity index (χ1n) is 10.9. The van der Waals surface area contributed by atoms with E-state index in [1.54, 1.807) is 48.3 Å². The second-order valence-corrected chi connectivity index (χ2v) is 7.99. The number of carbonyl (C=O) groups excluding carboxylic acids is 2. The number of nitrogens with zero attached hydrogens (tertiary/aromatic N) is 1. The Morgan fingerprint density at radius 1 is 0.882 bits per heavy atom. The SMILES string of the molecule is COc1ccccc1NC(=O)COc1ccc(C(=O)N(C)Cc2ccc(C)cc2C)cc1OC. The molecule has 3 aromatic rings. The van der Waals surface area contributed by atoms with Gasteiger partial charge in [0.25, 0.3) is 11.8 Å². The molecule has 0 bridgehead atoms. The third kappa shape index (κ3) is 6.07. The summed E-state index contributed by atoms with van der Waals surface area (Å²) in [6, 6.07) is 18.2. The number of rotatable bonds is 9. The molecule has 0 aliphatic rings. The monoisotopic (exact) mass is 462 g/mol. The number of aryl methyl sites for hydroxylation is 2. The lowest BCUT2D eigenvalue weighted by atomic mass is 10.1. The molecule has 0 radical (unpaired) electrons. The van der Waals surface area contributed by atoms with Gasteiger partial charge in [0, 0.05) is 19.2 Å². The molecule has 1 N–H and O–H groups in total. The minimum Gasteiger partial charge on any atom is -0.495 e. The van der Waals surface area contributed by atoms with E-state index in [2.05, 4.69) is 11.4 Å². The molecule has 0 heterocycles. The molecule has 0 spiro atoms. The molecule has 0 saturated heterocycles. The summed E-state index contributed by atoms with van der Waals surface area (Å²) in [5, 5.41) is 2.75. The standard InChI is InChI=1S/C27H30N2O5/c1-18-10-11-21(19(2)14-18)16-29(3)27(31)20-12-13-24(25(15-20)33-5)34-17-26(30)28-22-8-6-7-9-23(22)32-4/h6-15H,16-17H2,1-5H3,(H,28,30). The quantitative estimate of drug-likeness (QED) is 0.503. The van der Waals surface area contributed by atoms with Crippen LogP contribution >= 0.6 is 0 Å². The van der Waals surface area contributed by atoms with Crippen LogP contribution in [0, 0.1) is 13.8 Å². The van der Waals surface area contributed by atoms with Crippen molar-refractivity contribution in [1.29, 1.82) is 0 Å². The Morgan fingerprint density at radius 2 is 1.62 bits per heavy atom. The van der Waals surface area contributed by atoms with E-state index >= 15 is 0 Å². The molecule has 7 nitrogen and oxygen atoms in total. The Kier molecular flexibility index (Phi) is 8.14. The van der Waals surface area contributed by atoms with E-state index in [-0.39, 0.29) is 18.4 Å². The number of benzene rings is 3. The van der Waals surface area contributed by atoms with E-state index in [1.807, 2.05) is 32.0 Å². The average Bonchev–Trinajstić information content (AvgIpc) is 2.84. The normalized spacial score (nSPS) is 10.4. The zero-order valence-corrected chi connectivity index (χ0v) is 20.2. The van der Waals surface area contributed by atoms with Crippen LogP contribution < -0.4 is 19.5 Å². The predicted octanol–water partition coefficient (Wildman–Crippen LogP) is 4.61. The summed E-state index contributed by atoms with van der Waals surface area (Å²) < 4.78 is 16.3. The Bertz CT molecular complexity index is 1180. The van der Waals surface area contributed by atoms with Gasteiger partial charge in [-0.15, -0.1) is 0 Å². The molecule has 0 aliphatic carbocycles. The van der Waals surface area contributed by atoms with Crippen LogP contribution in [0.3, 0.4) is 0 Å². The molecule has 0 saturated carbocycles. The van der Waals surface area contributed by atoms with Gasteiger partial charge in [-0.05, 0) is 55.3 Å². The highest BCUT2D eigenvalue weighted by Gasteiger charge is 2.17. The van der Waals surface area contributed by atoms with E-state index in [1.165, 1.54) is 19.8 Å². The van der Waals surface area contributed by atoms with Crippen LogP contribution in [0.1, 0.15) is 27.0 Å². The van der Waals surface area contributed by atoms with Crippen LogP contribution in [-0.2, 0) is 11.3 Å². The van der Waals surface area contributed by atoms with Gasteiger partial charge in [0.2, 0.25) is 0 Å². The summed E-state index contributed by atoms with van der Waals surface area (Å²) in [5.41, 5.74) is 4.45. The summed E-state index contributed by atoms with van der Waals surface area (Å²) in [7, 11) is 4.79. The fourth-order valence-corrected chi connectivity index (χ4v) is 3.57. The van der Waals surface area contributed by atoms with Crippen LogP contribution in [0.5, 0.6) is 17.2 Å². The molecule has 0 unspecified atom stereocenters. The lowest BCUT2D eigenvalue weighted by molar-refractivity contribution is -0.118. The van der Waals surface area contributed by atoms with Gasteiger partial charge in [-0.3, -0.25) is 9.59 Å². The molecular formula is C27H30N2O5. The Morgan fingerprint density at radius 3 is 2.32 bits per heavy atom. The van der Waals surface area contributed by atoms with E-state index in [9.17, 15) is 9.59 Å². The van der Waals surface area contributed by atoms with Gasteiger partial charge < -0.3 is 24.4 Å². The second kappa shape index (κ2) is 11.2. The van der Waals surface area contributed by atoms with Gasteiger partial charge >= 0.3 is 0 Å². The van der Waals surface area contributed by atoms with Crippen molar-refractivity contribution in [2.45, 2.75) is 20.4 Å². The molecule has 3 rings (SSSR count). The lowest BCUT2D eigenvalue weighted by Gasteiger charge is -2.20. The minimum atomic E-state index is -0.347. The zero-order valence-electron chi connectivity index (χ0n) is 20.2. The molecule has 0 atom stereocenters. The van der Waals surface area contributed by atoms with Gasteiger partial charge in [-0.25, -0.2) is 0 Å². The Labute approximate surface area is 200 Å². The number of ether oxygens (including phenoxy) is 3. The van der Waals surface area contributed by atoms with Crippen molar-refractivity contribution in [1.82, 2.24) is 4.90 Å². The molecule has 0 fully saturated rings. The first-order valence-corrected chi connectivity index (χ1v) is 10.9. The third-order valence-corrected chi connectivity index (χ3v) is 5.40. The molecule has 0 aromatic heterocycles. The maximum atomic E-state index is 13.0. The van der Waals surface area contributed by atoms with Gasteiger partial charge in [-0.2, -0.15) is 0 Å². The fourth-order valence-electron chi connectivity index (χ4n) is 3.57. The number of hydrogen-bond donors (Lipinski definition) is 1. The summed E-state index contributed by atoms with van der Waals surface area (Å²) in [6.45, 7) is 4.35. The predicted molar refractivity (Wildman–Crippen MR) is 132 cm³/mol. The maximum Gasteiger partial charge on any atom is 0.262 e. The number of carbonyl (C=O) groups is 2. The minimum absolute atomic E-state index is 0.140. The van der Waals surface area contributed by atoms with Gasteiger partial charge in [0.1, 0.15) is 5.75 Å². The molecule has 2 amide bonds. The van der Waals surface area contributed by atoms with E-state index < -0.39 is 0 Å². The summed E-state index contributed by atoms with van der Waals surface area (Å²) in [5.74, 6) is 0.807. The highest BCUT2D eigenvalue weighted by atomic mass is 16.5. The van der Waals surface area contributed by atoms with E-state index in [0.717, 1.165) is 11.1 Å². The fraction of sp³-hybridized carbons (Fsp3) is 0.259. The molecule has 178 valence electrons. The maximum absolute atomic E-state index is 13.0. The first kappa shape index (κ1) is 24.6. The van der Waals surface area contributed by atoms with Crippen molar-refractivity contribution >= 4 is 17.5 Å². The average molecular weight is 463 g/mol. The Balaban J connectivity index is 1.65. The second-order valence-electron chi connectivity index (χ2n) is 7.99. The molecule has 34 heavy (non-hydrogen) atoms. The molecule has 3 aromatic carbocycles. The lowest BCUT2D eigenvalue weighted by Crippen LogP contribution is -2.26. The number of methoxy groups -OCH3 is 2. The number of para-hydroxylation sites is 2. The van der Waals surface area contributed by atoms with Crippen molar-refractivity contribution in [3.8, 4) is 17.2 Å². The highest BCUT2D eigenvalue weighted by Crippen LogP contribution is 2.29. The van der Waals surface area contributed by atoms with Gasteiger partial charge in [0.05, 0.1) is 19.9 Å². The van der Waals surface area contributed by atoms with Crippen LogP contribution in [0.2, 0.25) is 0 Å². The molecule has 0 aliphatic heterocycles. The molecular weight excluding hydrogens is 432 g/mol. The van der Waals surface area contributed by atoms with Crippen LogP contribution in [-0.4, -0.2) is 44.6 Å². The summed E-state index contributed by atoms with van der Waals surface area (Å²) in [4.78, 5) is 27.0. The van der Waals surface area contributed by atoms with Crippen molar-refractivity contribution in [3.05, 3.63) is 82.9 Å². The topological polar surface area (TPSA) is 77.1 Å². The molecule has 7 heteroatoms. The largest absolute Gasteiger partial charge is 0.495 e. The van der Waals surface area contributed by atoms with Crippen LogP contribution in [0.4, 0.5) is 5.69 Å². The van der Waals surface area contributed by atoms with Crippen LogP contribution in [0.15, 0.2) is 60.7 Å². The van der Waals surface area contributed by atoms with Crippen molar-refractivity contribution in [3.63, 3.8) is 0 Å². The van der Waals surface area contributed by atoms with Crippen molar-refractivity contribution in [2.24, 2.45) is 0 Å². The van der Waals surface area contributed by atoms with Gasteiger partial charge in [-0.1, -0.05) is 35.9 Å². The number of amides is 2. The van der Waals surface area contributed by atoms with Gasteiger partial charge in [0.15, 0.2) is 18.1 Å². The first-order chi connectivity index (χ1) is 16.3. The number of nitrogens with one attached hydrogen (secondary N) is 1. The van der Waals surface area contributed by atoms with Crippen molar-refractivity contribution in [2.75, 3.05) is 33.2 Å². The van der Waals surface area contributed by atoms with Crippen LogP contribution in [0.25, 0.3) is 0 Å². The summed E-state index contributed by atoms with van der Waals surface area (Å²) >= 11 is 0. The summed E-state index contributed by atoms with van der Waals surface area (Å²) in [6.07, 6.45) is 0. The third-order valence-electron chi connectivity index (χ3n) is 5.40. The highest BCUT2D eigenvalue weighted by molar-refractivity contribution is 5.95. The number of hydrogen-bond acceptors (Lipinski definition) is 5. The zero-order chi connectivity index (χ0) is 24.7. The van der Waals surface area contributed by atoms with E-state index in [0.29, 0.717) is 35.0 Å². The van der Waals surface area contributed by atoms with E-state index in [4.69, 9.17) is 14.2 Å².